The van der Waals surface area contributed by atoms with E-state index in [0.717, 1.165) is 5.56 Å². The van der Waals surface area contributed by atoms with Crippen molar-refractivity contribution in [2.45, 2.75) is 6.42 Å². The molecule has 0 amide bonds. The third-order valence-electron chi connectivity index (χ3n) is 1.85. The first kappa shape index (κ1) is 12.2. The average Bonchev–Trinajstić information content (AvgIpc) is 2.51. The number of aliphatic hydroxyl groups is 1. The van der Waals surface area contributed by atoms with E-state index < -0.39 is 10.0 Å². The van der Waals surface area contributed by atoms with Crippen molar-refractivity contribution in [1.29, 1.82) is 0 Å². The van der Waals surface area contributed by atoms with Gasteiger partial charge in [-0.25, -0.2) is 13.1 Å². The monoisotopic (exact) mass is 233 g/mol. The van der Waals surface area contributed by atoms with Crippen molar-refractivity contribution in [2.24, 2.45) is 7.05 Å². The molecule has 0 aliphatic rings. The Kier molecular flexibility index (Phi) is 4.25. The summed E-state index contributed by atoms with van der Waals surface area (Å²) in [5, 5.41) is 12.5. The van der Waals surface area contributed by atoms with E-state index in [1.807, 2.05) is 6.20 Å². The molecular formula is C8H15N3O3S. The van der Waals surface area contributed by atoms with Crippen LogP contribution in [0.5, 0.6) is 0 Å². The molecule has 1 aromatic heterocycles. The molecule has 0 radical (unpaired) electrons. The van der Waals surface area contributed by atoms with Crippen molar-refractivity contribution in [2.75, 3.05) is 18.9 Å². The number of hydrogen-bond donors (Lipinski definition) is 2. The van der Waals surface area contributed by atoms with Crippen LogP contribution in [0.3, 0.4) is 0 Å². The Balaban J connectivity index is 2.33. The predicted octanol–water partition coefficient (Wildman–Crippen LogP) is -1.13. The van der Waals surface area contributed by atoms with Gasteiger partial charge in [-0.2, -0.15) is 5.10 Å². The van der Waals surface area contributed by atoms with Gasteiger partial charge in [0.05, 0.1) is 18.6 Å². The molecule has 0 fully saturated rings. The van der Waals surface area contributed by atoms with Gasteiger partial charge >= 0.3 is 0 Å². The van der Waals surface area contributed by atoms with Crippen LogP contribution in [0, 0.1) is 0 Å². The van der Waals surface area contributed by atoms with Gasteiger partial charge in [0, 0.05) is 19.8 Å². The van der Waals surface area contributed by atoms with Crippen molar-refractivity contribution < 1.29 is 13.5 Å². The Morgan fingerprint density at radius 3 is 2.87 bits per heavy atom. The number of nitrogens with zero attached hydrogens (tertiary/aromatic N) is 2. The van der Waals surface area contributed by atoms with Crippen LogP contribution >= 0.6 is 0 Å². The largest absolute Gasteiger partial charge is 0.395 e. The summed E-state index contributed by atoms with van der Waals surface area (Å²) < 4.78 is 26.3. The molecule has 0 saturated carbocycles. The van der Waals surface area contributed by atoms with Crippen molar-refractivity contribution in [3.63, 3.8) is 0 Å². The normalized spacial score (nSPS) is 11.9. The van der Waals surface area contributed by atoms with Crippen LogP contribution < -0.4 is 4.72 Å². The molecule has 0 aliphatic carbocycles. The van der Waals surface area contributed by atoms with E-state index in [4.69, 9.17) is 5.11 Å². The van der Waals surface area contributed by atoms with E-state index in [-0.39, 0.29) is 12.4 Å². The lowest BCUT2D eigenvalue weighted by Gasteiger charge is -2.03. The highest BCUT2D eigenvalue weighted by molar-refractivity contribution is 7.89. The fourth-order valence-corrected chi connectivity index (χ4v) is 1.94. The summed E-state index contributed by atoms with van der Waals surface area (Å²) in [7, 11) is -1.52. The smallest absolute Gasteiger partial charge is 0.213 e. The second-order valence-electron chi connectivity index (χ2n) is 3.21. The topological polar surface area (TPSA) is 84.2 Å². The van der Waals surface area contributed by atoms with Crippen molar-refractivity contribution in [3.8, 4) is 0 Å². The van der Waals surface area contributed by atoms with E-state index in [1.54, 1.807) is 17.9 Å². The highest BCUT2D eigenvalue weighted by Gasteiger charge is 2.07. The lowest BCUT2D eigenvalue weighted by atomic mass is 10.3. The fourth-order valence-electron chi connectivity index (χ4n) is 1.14. The molecule has 0 atom stereocenters. The summed E-state index contributed by atoms with van der Waals surface area (Å²) in [4.78, 5) is 0. The van der Waals surface area contributed by atoms with E-state index in [2.05, 4.69) is 9.82 Å². The number of sulfonamides is 1. The van der Waals surface area contributed by atoms with Crippen LogP contribution in [0.2, 0.25) is 0 Å². The van der Waals surface area contributed by atoms with Crippen LogP contribution in [-0.2, 0) is 23.5 Å². The minimum Gasteiger partial charge on any atom is -0.395 e. The van der Waals surface area contributed by atoms with Crippen LogP contribution in [0.25, 0.3) is 0 Å². The zero-order valence-corrected chi connectivity index (χ0v) is 9.37. The lowest BCUT2D eigenvalue weighted by molar-refractivity contribution is 0.319. The second-order valence-corrected chi connectivity index (χ2v) is 5.14. The predicted molar refractivity (Wildman–Crippen MR) is 55.8 cm³/mol. The maximum Gasteiger partial charge on any atom is 0.213 e. The molecule has 0 aliphatic heterocycles. The van der Waals surface area contributed by atoms with Gasteiger partial charge in [0.25, 0.3) is 0 Å². The number of nitrogens with one attached hydrogen (secondary N) is 1. The molecule has 1 rings (SSSR count). The minimum atomic E-state index is -3.32. The molecule has 0 saturated heterocycles. The quantitative estimate of drug-likeness (QED) is 0.651. The molecule has 7 heteroatoms. The SMILES string of the molecule is Cn1cc(CCNS(=O)(=O)CCO)cn1. The number of aryl methyl sites for hydroxylation is 1. The Bertz CT molecular complexity index is 399. The van der Waals surface area contributed by atoms with E-state index in [9.17, 15) is 8.42 Å². The van der Waals surface area contributed by atoms with Crippen LogP contribution in [0.1, 0.15) is 5.56 Å². The van der Waals surface area contributed by atoms with Crippen LogP contribution in [0.15, 0.2) is 12.4 Å². The molecule has 6 nitrogen and oxygen atoms in total. The standard InChI is InChI=1S/C8H15N3O3S/c1-11-7-8(6-9-11)2-3-10-15(13,14)5-4-12/h6-7,10,12H,2-5H2,1H3. The van der Waals surface area contributed by atoms with Crippen LogP contribution in [0.4, 0.5) is 0 Å². The van der Waals surface area contributed by atoms with Crippen LogP contribution in [-0.4, -0.2) is 42.2 Å². The zero-order chi connectivity index (χ0) is 11.3. The zero-order valence-electron chi connectivity index (χ0n) is 8.55. The first-order valence-corrected chi connectivity index (χ1v) is 6.24. The summed E-state index contributed by atoms with van der Waals surface area (Å²) >= 11 is 0. The Morgan fingerprint density at radius 2 is 2.33 bits per heavy atom. The van der Waals surface area contributed by atoms with Gasteiger partial charge in [0.1, 0.15) is 0 Å². The van der Waals surface area contributed by atoms with Gasteiger partial charge in [0.2, 0.25) is 10.0 Å². The molecule has 0 spiro atoms. The molecular weight excluding hydrogens is 218 g/mol. The molecule has 1 heterocycles. The Hall–Kier alpha value is -0.920. The van der Waals surface area contributed by atoms with Crippen molar-refractivity contribution in [1.82, 2.24) is 14.5 Å². The number of rotatable bonds is 6. The van der Waals surface area contributed by atoms with Gasteiger partial charge in [-0.05, 0) is 12.0 Å². The molecule has 0 aromatic carbocycles. The molecule has 0 unspecified atom stereocenters. The van der Waals surface area contributed by atoms with Crippen molar-refractivity contribution in [3.05, 3.63) is 18.0 Å². The minimum absolute atomic E-state index is 0.250. The molecule has 2 N–H and O–H groups in total. The highest BCUT2D eigenvalue weighted by Crippen LogP contribution is 1.96. The summed E-state index contributed by atoms with van der Waals surface area (Å²) in [6.45, 7) is -0.0315. The fraction of sp³-hybridized carbons (Fsp3) is 0.625. The summed E-state index contributed by atoms with van der Waals surface area (Å²) in [6, 6.07) is 0. The van der Waals surface area contributed by atoms with E-state index in [1.165, 1.54) is 0 Å². The Morgan fingerprint density at radius 1 is 1.60 bits per heavy atom. The summed E-state index contributed by atoms with van der Waals surface area (Å²) in [6.07, 6.45) is 4.12. The summed E-state index contributed by atoms with van der Waals surface area (Å²) in [5.41, 5.74) is 0.976. The number of hydrogen-bond acceptors (Lipinski definition) is 4. The first-order valence-electron chi connectivity index (χ1n) is 4.59. The van der Waals surface area contributed by atoms with Gasteiger partial charge in [-0.1, -0.05) is 0 Å². The third kappa shape index (κ3) is 4.41. The third-order valence-corrected chi connectivity index (χ3v) is 3.22. The highest BCUT2D eigenvalue weighted by atomic mass is 32.2. The van der Waals surface area contributed by atoms with E-state index in [0.29, 0.717) is 13.0 Å². The maximum absolute atomic E-state index is 11.1. The second kappa shape index (κ2) is 5.24. The van der Waals surface area contributed by atoms with E-state index >= 15 is 0 Å². The molecule has 86 valence electrons. The van der Waals surface area contributed by atoms with Gasteiger partial charge < -0.3 is 5.11 Å². The van der Waals surface area contributed by atoms with Gasteiger partial charge in [-0.15, -0.1) is 0 Å². The average molecular weight is 233 g/mol. The molecule has 15 heavy (non-hydrogen) atoms. The molecule has 0 bridgehead atoms. The number of aliphatic hydroxyl groups excluding tert-OH is 1. The Labute approximate surface area is 89.0 Å². The number of aromatic nitrogens is 2. The van der Waals surface area contributed by atoms with Gasteiger partial charge in [-0.3, -0.25) is 4.68 Å². The summed E-state index contributed by atoms with van der Waals surface area (Å²) in [5.74, 6) is -0.250. The first-order chi connectivity index (χ1) is 7.03. The maximum atomic E-state index is 11.1. The van der Waals surface area contributed by atoms with Gasteiger partial charge in [0.15, 0.2) is 0 Å². The lowest BCUT2D eigenvalue weighted by Crippen LogP contribution is -2.29. The molecule has 1 aromatic rings. The van der Waals surface area contributed by atoms with Crippen molar-refractivity contribution >= 4 is 10.0 Å².